The monoisotopic (exact) mass is 335 g/mol. The first-order valence-corrected chi connectivity index (χ1v) is 7.22. The van der Waals surface area contributed by atoms with Gasteiger partial charge in [-0.15, -0.1) is 0 Å². The maximum atomic E-state index is 4.44. The molecule has 0 radical (unpaired) electrons. The number of hydrogen-bond acceptors (Lipinski definition) is 5. The van der Waals surface area contributed by atoms with Crippen LogP contribution in [0.4, 0.5) is 0 Å². The Kier molecular flexibility index (Phi) is 3.24. The van der Waals surface area contributed by atoms with E-state index in [0.717, 1.165) is 26.7 Å². The third kappa shape index (κ3) is 2.62. The van der Waals surface area contributed by atoms with E-state index in [9.17, 15) is 0 Å². The number of imidazole rings is 1. The van der Waals surface area contributed by atoms with Crippen molar-refractivity contribution in [3.63, 3.8) is 0 Å². The lowest BCUT2D eigenvalue weighted by atomic mass is 10.4. The molecule has 0 spiro atoms. The Labute approximate surface area is 122 Å². The number of fused-ring (bicyclic) bond motifs is 1. The third-order valence-electron chi connectivity index (χ3n) is 2.46. The maximum absolute atomic E-state index is 4.44. The molecule has 0 N–H and O–H groups in total. The van der Waals surface area contributed by atoms with Crippen LogP contribution in [0, 0.1) is 13.8 Å². The highest BCUT2D eigenvalue weighted by Crippen LogP contribution is 2.27. The van der Waals surface area contributed by atoms with Crippen LogP contribution in [-0.2, 0) is 0 Å². The van der Waals surface area contributed by atoms with Gasteiger partial charge in [-0.2, -0.15) is 0 Å². The number of hydrogen-bond donors (Lipinski definition) is 0. The number of rotatable bonds is 2. The summed E-state index contributed by atoms with van der Waals surface area (Å²) in [5.41, 5.74) is 2.70. The highest BCUT2D eigenvalue weighted by molar-refractivity contribution is 9.10. The van der Waals surface area contributed by atoms with Gasteiger partial charge < -0.3 is 4.40 Å². The summed E-state index contributed by atoms with van der Waals surface area (Å²) in [5.74, 6) is 0. The first kappa shape index (κ1) is 12.6. The lowest BCUT2D eigenvalue weighted by Crippen LogP contribution is -1.96. The van der Waals surface area contributed by atoms with Gasteiger partial charge in [-0.25, -0.2) is 19.9 Å². The van der Waals surface area contributed by atoms with Crippen molar-refractivity contribution < 1.29 is 0 Å². The van der Waals surface area contributed by atoms with Crippen molar-refractivity contribution in [2.45, 2.75) is 24.0 Å². The zero-order chi connectivity index (χ0) is 13.4. The summed E-state index contributed by atoms with van der Waals surface area (Å²) < 4.78 is 2.67. The quantitative estimate of drug-likeness (QED) is 0.673. The summed E-state index contributed by atoms with van der Waals surface area (Å²) in [6, 6.07) is 1.95. The zero-order valence-electron chi connectivity index (χ0n) is 10.3. The van der Waals surface area contributed by atoms with Crippen LogP contribution in [0.5, 0.6) is 0 Å². The van der Waals surface area contributed by atoms with Crippen molar-refractivity contribution in [3.8, 4) is 0 Å². The van der Waals surface area contributed by atoms with E-state index in [2.05, 4.69) is 35.9 Å². The van der Waals surface area contributed by atoms with E-state index in [-0.39, 0.29) is 0 Å². The Morgan fingerprint density at radius 1 is 1.16 bits per heavy atom. The molecule has 3 aromatic heterocycles. The molecule has 0 aliphatic heterocycles. The number of aryl methyl sites for hydroxylation is 2. The predicted molar refractivity (Wildman–Crippen MR) is 76.3 cm³/mol. The first-order valence-electron chi connectivity index (χ1n) is 5.61. The summed E-state index contributed by atoms with van der Waals surface area (Å²) in [6.07, 6.45) is 5.50. The van der Waals surface area contributed by atoms with Crippen LogP contribution >= 0.6 is 27.7 Å². The standard InChI is InChI=1S/C12H10BrN5S/c1-7-5-8(2)16-12(15-7)19-11-10-14-3-4-18(10)6-9(13)17-11/h3-6H,1-2H3. The van der Waals surface area contributed by atoms with E-state index in [1.165, 1.54) is 11.8 Å². The molecule has 0 amide bonds. The summed E-state index contributed by atoms with van der Waals surface area (Å²) >= 11 is 4.81. The minimum absolute atomic E-state index is 0.688. The Morgan fingerprint density at radius 3 is 2.63 bits per heavy atom. The fourth-order valence-corrected chi connectivity index (χ4v) is 3.23. The maximum Gasteiger partial charge on any atom is 0.194 e. The van der Waals surface area contributed by atoms with Crippen LogP contribution in [0.15, 0.2) is 39.4 Å². The molecule has 3 aromatic rings. The predicted octanol–water partition coefficient (Wildman–Crippen LogP) is 3.05. The average Bonchev–Trinajstić information content (AvgIpc) is 2.75. The van der Waals surface area contributed by atoms with Crippen molar-refractivity contribution in [2.24, 2.45) is 0 Å². The third-order valence-corrected chi connectivity index (χ3v) is 3.68. The molecule has 0 saturated carbocycles. The molecule has 3 heterocycles. The molecule has 3 rings (SSSR count). The smallest absolute Gasteiger partial charge is 0.194 e. The minimum atomic E-state index is 0.688. The van der Waals surface area contributed by atoms with Gasteiger partial charge in [-0.3, -0.25) is 0 Å². The van der Waals surface area contributed by atoms with Crippen LogP contribution in [0.2, 0.25) is 0 Å². The number of aromatic nitrogens is 5. The summed E-state index contributed by atoms with van der Waals surface area (Å²) in [6.45, 7) is 3.91. The van der Waals surface area contributed by atoms with E-state index < -0.39 is 0 Å². The van der Waals surface area contributed by atoms with Gasteiger partial charge in [0.15, 0.2) is 10.8 Å². The fourth-order valence-electron chi connectivity index (χ4n) is 1.77. The molecule has 0 aliphatic rings. The molecule has 7 heteroatoms. The molecule has 0 fully saturated rings. The van der Waals surface area contributed by atoms with Gasteiger partial charge in [0.05, 0.1) is 0 Å². The molecule has 96 valence electrons. The summed E-state index contributed by atoms with van der Waals surface area (Å²) in [4.78, 5) is 17.6. The number of nitrogens with zero attached hydrogens (tertiary/aromatic N) is 5. The largest absolute Gasteiger partial charge is 0.302 e. The van der Waals surface area contributed by atoms with Crippen LogP contribution in [0.3, 0.4) is 0 Å². The SMILES string of the molecule is Cc1cc(C)nc(Sc2nc(Br)cn3ccnc23)n1. The molecule has 0 atom stereocenters. The van der Waals surface area contributed by atoms with Gasteiger partial charge in [0.25, 0.3) is 0 Å². The van der Waals surface area contributed by atoms with E-state index in [0.29, 0.717) is 5.16 Å². The normalized spacial score (nSPS) is 11.1. The van der Waals surface area contributed by atoms with Gasteiger partial charge in [-0.1, -0.05) is 0 Å². The summed E-state index contributed by atoms with van der Waals surface area (Å²) in [5, 5.41) is 1.47. The molecule has 0 aromatic carbocycles. The lowest BCUT2D eigenvalue weighted by Gasteiger charge is -2.04. The lowest BCUT2D eigenvalue weighted by molar-refractivity contribution is 0.896. The summed E-state index contributed by atoms with van der Waals surface area (Å²) in [7, 11) is 0. The molecule has 0 bridgehead atoms. The molecule has 5 nitrogen and oxygen atoms in total. The molecule has 19 heavy (non-hydrogen) atoms. The van der Waals surface area contributed by atoms with Gasteiger partial charge >= 0.3 is 0 Å². The Balaban J connectivity index is 2.07. The van der Waals surface area contributed by atoms with Gasteiger partial charge in [-0.05, 0) is 47.6 Å². The molecule has 0 aliphatic carbocycles. The van der Waals surface area contributed by atoms with Crippen LogP contribution in [0.25, 0.3) is 5.65 Å². The molecule has 0 unspecified atom stereocenters. The van der Waals surface area contributed by atoms with Crippen LogP contribution in [-0.4, -0.2) is 24.3 Å². The second-order valence-electron chi connectivity index (χ2n) is 4.06. The fraction of sp³-hybridized carbons (Fsp3) is 0.167. The topological polar surface area (TPSA) is 56.0 Å². The Bertz CT molecular complexity index is 735. The van der Waals surface area contributed by atoms with E-state index in [1.807, 2.05) is 36.7 Å². The highest BCUT2D eigenvalue weighted by Gasteiger charge is 2.10. The van der Waals surface area contributed by atoms with Crippen molar-refractivity contribution in [1.29, 1.82) is 0 Å². The second-order valence-corrected chi connectivity index (χ2v) is 5.83. The van der Waals surface area contributed by atoms with Gasteiger partial charge in [0.1, 0.15) is 9.63 Å². The molecule has 0 saturated heterocycles. The Morgan fingerprint density at radius 2 is 1.89 bits per heavy atom. The highest BCUT2D eigenvalue weighted by atomic mass is 79.9. The van der Waals surface area contributed by atoms with Crippen LogP contribution in [0.1, 0.15) is 11.4 Å². The van der Waals surface area contributed by atoms with Gasteiger partial charge in [0, 0.05) is 30.0 Å². The second kappa shape index (κ2) is 4.90. The van der Waals surface area contributed by atoms with E-state index in [1.54, 1.807) is 6.20 Å². The number of halogens is 1. The van der Waals surface area contributed by atoms with Crippen molar-refractivity contribution in [3.05, 3.63) is 40.6 Å². The van der Waals surface area contributed by atoms with E-state index in [4.69, 9.17) is 0 Å². The molecular weight excluding hydrogens is 326 g/mol. The average molecular weight is 336 g/mol. The van der Waals surface area contributed by atoms with Crippen molar-refractivity contribution >= 4 is 33.3 Å². The van der Waals surface area contributed by atoms with Gasteiger partial charge in [0.2, 0.25) is 0 Å². The van der Waals surface area contributed by atoms with E-state index >= 15 is 0 Å². The molecular formula is C12H10BrN5S. The van der Waals surface area contributed by atoms with Crippen LogP contribution < -0.4 is 0 Å². The Hall–Kier alpha value is -1.47. The van der Waals surface area contributed by atoms with Crippen molar-refractivity contribution in [2.75, 3.05) is 0 Å². The first-order chi connectivity index (χ1) is 9.11. The zero-order valence-corrected chi connectivity index (χ0v) is 12.7. The van der Waals surface area contributed by atoms with Crippen molar-refractivity contribution in [1.82, 2.24) is 24.3 Å². The minimum Gasteiger partial charge on any atom is -0.302 e.